The first-order valence-corrected chi connectivity index (χ1v) is 11.8. The second kappa shape index (κ2) is 8.08. The number of fused-ring (bicyclic) bond motifs is 3. The van der Waals surface area contributed by atoms with Gasteiger partial charge in [0.25, 0.3) is 5.91 Å². The summed E-state index contributed by atoms with van der Waals surface area (Å²) in [6.07, 6.45) is 2.22. The number of benzene rings is 1. The van der Waals surface area contributed by atoms with E-state index in [2.05, 4.69) is 19.9 Å². The molecule has 2 aliphatic heterocycles. The summed E-state index contributed by atoms with van der Waals surface area (Å²) in [6.45, 7) is 6.18. The van der Waals surface area contributed by atoms with E-state index in [-0.39, 0.29) is 35.9 Å². The Balaban J connectivity index is 1.61. The zero-order valence-electron chi connectivity index (χ0n) is 19.5. The summed E-state index contributed by atoms with van der Waals surface area (Å²) in [5.74, 6) is 0.624. The fraction of sp³-hybridized carbons (Fsp3) is 0.640. The van der Waals surface area contributed by atoms with Crippen molar-refractivity contribution >= 4 is 11.9 Å². The van der Waals surface area contributed by atoms with Crippen molar-refractivity contribution in [1.82, 2.24) is 4.90 Å². The van der Waals surface area contributed by atoms with Crippen LogP contribution in [-0.4, -0.2) is 62.4 Å². The van der Waals surface area contributed by atoms with Crippen molar-refractivity contribution in [3.8, 4) is 6.07 Å². The first-order chi connectivity index (χ1) is 15.8. The molecule has 0 aromatic heterocycles. The van der Waals surface area contributed by atoms with Crippen LogP contribution < -0.4 is 5.73 Å². The summed E-state index contributed by atoms with van der Waals surface area (Å²) in [5.41, 5.74) is 7.34. The van der Waals surface area contributed by atoms with Gasteiger partial charge in [0.15, 0.2) is 11.5 Å². The van der Waals surface area contributed by atoms with Crippen molar-refractivity contribution in [2.24, 2.45) is 28.0 Å². The van der Waals surface area contributed by atoms with E-state index in [4.69, 9.17) is 24.9 Å². The van der Waals surface area contributed by atoms with Gasteiger partial charge in [-0.15, -0.1) is 0 Å². The smallest absolute Gasteiger partial charge is 0.262 e. The van der Waals surface area contributed by atoms with Crippen molar-refractivity contribution in [2.75, 3.05) is 33.5 Å². The summed E-state index contributed by atoms with van der Waals surface area (Å²) >= 11 is 0. The van der Waals surface area contributed by atoms with Gasteiger partial charge in [0.1, 0.15) is 0 Å². The number of ether oxygens (including phenoxy) is 3. The third-order valence-electron chi connectivity index (χ3n) is 8.13. The first-order valence-electron chi connectivity index (χ1n) is 11.8. The maximum absolute atomic E-state index is 14.3. The molecule has 8 heteroatoms. The van der Waals surface area contributed by atoms with Gasteiger partial charge in [-0.05, 0) is 54.4 Å². The van der Waals surface area contributed by atoms with E-state index in [1.54, 1.807) is 12.0 Å². The molecule has 1 saturated carbocycles. The number of nitrogens with two attached hydrogens (primary N) is 1. The summed E-state index contributed by atoms with van der Waals surface area (Å²) in [6, 6.07) is 7.90. The maximum Gasteiger partial charge on any atom is 0.262 e. The Hall–Kier alpha value is -2.47. The number of hydrogen-bond donors (Lipinski definition) is 1. The average Bonchev–Trinajstić information content (AvgIpc) is 3.20. The number of carbonyl (C=O) groups excluding carboxylic acids is 1. The molecular weight excluding hydrogens is 420 g/mol. The van der Waals surface area contributed by atoms with E-state index >= 15 is 0 Å². The number of nitrogens with zero attached hydrogens (tertiary/aromatic N) is 3. The van der Waals surface area contributed by atoms with Crippen molar-refractivity contribution in [3.63, 3.8) is 0 Å². The van der Waals surface area contributed by atoms with Crippen LogP contribution in [0, 0.1) is 28.6 Å². The predicted molar refractivity (Wildman–Crippen MR) is 121 cm³/mol. The van der Waals surface area contributed by atoms with E-state index in [0.29, 0.717) is 31.9 Å². The molecule has 0 radical (unpaired) electrons. The number of rotatable bonds is 3. The molecule has 2 heterocycles. The highest BCUT2D eigenvalue weighted by molar-refractivity contribution is 6.08. The van der Waals surface area contributed by atoms with Crippen LogP contribution in [0.2, 0.25) is 0 Å². The molecule has 1 saturated heterocycles. The second-order valence-corrected chi connectivity index (χ2v) is 10.2. The van der Waals surface area contributed by atoms with E-state index in [9.17, 15) is 10.1 Å². The summed E-state index contributed by atoms with van der Waals surface area (Å²) in [4.78, 5) is 20.9. The zero-order valence-corrected chi connectivity index (χ0v) is 19.5. The number of methoxy groups -OCH3 is 1. The SMILES string of the molecule is CO[C@H]1[C@H](C)C[C@@]2(Cc3ccc(C#N)cc3[C@]23N=C(N)N(C[C@@H]2COCCO2)C3=O)C[C@@H]1C. The number of carbonyl (C=O) groups is 1. The topological polar surface area (TPSA) is 110 Å². The van der Waals surface area contributed by atoms with E-state index in [0.717, 1.165) is 30.4 Å². The number of aliphatic imine (C=N–C) groups is 1. The van der Waals surface area contributed by atoms with Crippen molar-refractivity contribution in [2.45, 2.75) is 50.9 Å². The van der Waals surface area contributed by atoms with Gasteiger partial charge in [0.05, 0.1) is 50.2 Å². The number of nitriles is 1. The van der Waals surface area contributed by atoms with Gasteiger partial charge in [-0.2, -0.15) is 5.26 Å². The molecule has 33 heavy (non-hydrogen) atoms. The summed E-state index contributed by atoms with van der Waals surface area (Å²) < 4.78 is 17.2. The molecule has 1 aromatic carbocycles. The normalized spacial score (nSPS) is 37.9. The van der Waals surface area contributed by atoms with E-state index in [1.807, 2.05) is 18.2 Å². The van der Waals surface area contributed by atoms with Gasteiger partial charge in [-0.3, -0.25) is 9.69 Å². The van der Waals surface area contributed by atoms with E-state index < -0.39 is 11.0 Å². The minimum atomic E-state index is -1.13. The van der Waals surface area contributed by atoms with Crippen LogP contribution in [0.4, 0.5) is 0 Å². The lowest BCUT2D eigenvalue weighted by atomic mass is 9.56. The van der Waals surface area contributed by atoms with Crippen LogP contribution in [0.1, 0.15) is 43.4 Å². The number of guanidine groups is 1. The van der Waals surface area contributed by atoms with Gasteiger partial charge in [0.2, 0.25) is 0 Å². The molecule has 1 aromatic rings. The van der Waals surface area contributed by atoms with Crippen LogP contribution in [0.15, 0.2) is 23.2 Å². The quantitative estimate of drug-likeness (QED) is 0.751. The van der Waals surface area contributed by atoms with Crippen LogP contribution in [0.3, 0.4) is 0 Å². The molecule has 176 valence electrons. The molecule has 5 rings (SSSR count). The lowest BCUT2D eigenvalue weighted by molar-refractivity contribution is -0.145. The van der Waals surface area contributed by atoms with Crippen LogP contribution >= 0.6 is 0 Å². The Labute approximate surface area is 194 Å². The van der Waals surface area contributed by atoms with Gasteiger partial charge in [-0.1, -0.05) is 19.9 Å². The van der Waals surface area contributed by atoms with Crippen LogP contribution in [0.5, 0.6) is 0 Å². The van der Waals surface area contributed by atoms with Gasteiger partial charge < -0.3 is 19.9 Å². The molecule has 8 nitrogen and oxygen atoms in total. The fourth-order valence-corrected chi connectivity index (χ4v) is 7.05. The predicted octanol–water partition coefficient (Wildman–Crippen LogP) is 1.95. The van der Waals surface area contributed by atoms with Crippen molar-refractivity contribution in [1.29, 1.82) is 5.26 Å². The Kier molecular flexibility index (Phi) is 5.47. The molecular formula is C25H32N4O4. The highest BCUT2D eigenvalue weighted by Gasteiger charge is 2.68. The fourth-order valence-electron chi connectivity index (χ4n) is 7.05. The number of hydrogen-bond acceptors (Lipinski definition) is 7. The minimum absolute atomic E-state index is 0.113. The lowest BCUT2D eigenvalue weighted by Crippen LogP contribution is -2.56. The van der Waals surface area contributed by atoms with Gasteiger partial charge in [0, 0.05) is 12.5 Å². The third-order valence-corrected chi connectivity index (χ3v) is 8.13. The third kappa shape index (κ3) is 3.21. The Morgan fingerprint density at radius 1 is 1.30 bits per heavy atom. The van der Waals surface area contributed by atoms with Crippen LogP contribution in [-0.2, 0) is 31.0 Å². The van der Waals surface area contributed by atoms with E-state index in [1.165, 1.54) is 0 Å². The minimum Gasteiger partial charge on any atom is -0.381 e. The largest absolute Gasteiger partial charge is 0.381 e. The molecule has 2 N–H and O–H groups in total. The molecule has 2 fully saturated rings. The molecule has 2 aliphatic carbocycles. The molecule has 4 aliphatic rings. The van der Waals surface area contributed by atoms with Crippen molar-refractivity contribution < 1.29 is 19.0 Å². The van der Waals surface area contributed by atoms with Crippen LogP contribution in [0.25, 0.3) is 0 Å². The van der Waals surface area contributed by atoms with Gasteiger partial charge >= 0.3 is 0 Å². The molecule has 0 unspecified atom stereocenters. The maximum atomic E-state index is 14.3. The standard InChI is InChI=1S/C25H32N4O4/c1-15-9-24(10-16(2)21(15)31-3)11-18-5-4-17(12-26)8-20(18)25(24)22(30)29(23(27)28-25)13-19-14-32-6-7-33-19/h4-5,8,15-16,19,21H,6-7,9-11,13-14H2,1-3H3,(H2,27,28)/t15-,16+,19-,21+,24+,25-/m1/s1. The van der Waals surface area contributed by atoms with Gasteiger partial charge in [-0.25, -0.2) is 4.99 Å². The summed E-state index contributed by atoms with van der Waals surface area (Å²) in [7, 11) is 1.76. The lowest BCUT2D eigenvalue weighted by Gasteiger charge is -2.50. The zero-order chi connectivity index (χ0) is 23.4. The monoisotopic (exact) mass is 452 g/mol. The second-order valence-electron chi connectivity index (χ2n) is 10.2. The molecule has 6 atom stereocenters. The highest BCUT2D eigenvalue weighted by Crippen LogP contribution is 2.63. The van der Waals surface area contributed by atoms with Crippen molar-refractivity contribution in [3.05, 3.63) is 34.9 Å². The average molecular weight is 453 g/mol. The summed E-state index contributed by atoms with van der Waals surface area (Å²) in [5, 5.41) is 9.59. The molecule has 2 spiro atoms. The Bertz CT molecular complexity index is 1020. The Morgan fingerprint density at radius 3 is 2.70 bits per heavy atom. The highest BCUT2D eigenvalue weighted by atomic mass is 16.6. The molecule has 1 amide bonds. The Morgan fingerprint density at radius 2 is 2.06 bits per heavy atom. The molecule has 0 bridgehead atoms. The number of amides is 1. The first kappa shape index (κ1) is 22.3.